The summed E-state index contributed by atoms with van der Waals surface area (Å²) in [5.74, 6) is -0.172. The summed E-state index contributed by atoms with van der Waals surface area (Å²) in [7, 11) is 0. The number of amides is 1. The van der Waals surface area contributed by atoms with Gasteiger partial charge < -0.3 is 19.9 Å². The van der Waals surface area contributed by atoms with Crippen LogP contribution in [0.4, 0.5) is 4.79 Å². The van der Waals surface area contributed by atoms with E-state index in [4.69, 9.17) is 9.47 Å². The Kier molecular flexibility index (Phi) is 6.16. The maximum atomic E-state index is 12.7. The smallest absolute Gasteiger partial charge is 0.413 e. The zero-order chi connectivity index (χ0) is 22.1. The van der Waals surface area contributed by atoms with E-state index in [1.807, 2.05) is 53.7 Å². The summed E-state index contributed by atoms with van der Waals surface area (Å²) in [6, 6.07) is 2.90. The lowest BCUT2D eigenvalue weighted by Crippen LogP contribution is -2.38. The van der Waals surface area contributed by atoms with E-state index in [1.165, 1.54) is 6.08 Å². The molecule has 1 aliphatic rings. The molecule has 1 aromatic rings. The molecule has 2 N–H and O–H groups in total. The number of nitrogens with one attached hydrogen (secondary N) is 1. The van der Waals surface area contributed by atoms with Crippen molar-refractivity contribution in [3.63, 3.8) is 0 Å². The van der Waals surface area contributed by atoms with Crippen molar-refractivity contribution >= 4 is 12.1 Å². The number of phenolic OH excluding ortho intramolecular Hbond substituents is 1. The van der Waals surface area contributed by atoms with Crippen molar-refractivity contribution in [2.24, 2.45) is 0 Å². The molecular formula is C23H31NO5. The van der Waals surface area contributed by atoms with Gasteiger partial charge in [-0.25, -0.2) is 9.59 Å². The first-order chi connectivity index (χ1) is 13.3. The molecular weight excluding hydrogens is 370 g/mol. The lowest BCUT2D eigenvalue weighted by atomic mass is 9.77. The van der Waals surface area contributed by atoms with Crippen LogP contribution in [0.5, 0.6) is 5.75 Å². The number of carbonyl (C=O) groups excluding carboxylic acids is 2. The third-order valence-corrected chi connectivity index (χ3v) is 4.81. The second-order valence-corrected chi connectivity index (χ2v) is 9.29. The topological polar surface area (TPSA) is 84.9 Å². The predicted octanol–water partition coefficient (Wildman–Crippen LogP) is 4.77. The third-order valence-electron chi connectivity index (χ3n) is 4.81. The molecule has 0 radical (unpaired) electrons. The van der Waals surface area contributed by atoms with E-state index in [9.17, 15) is 14.7 Å². The SMILES string of the molecule is C=CCOC(=O)C1=C(C)OC(=O)NC1c1cc(C(C)(C)C)c(O)c(C(C)(C)C)c1. The van der Waals surface area contributed by atoms with Gasteiger partial charge in [0.25, 0.3) is 0 Å². The van der Waals surface area contributed by atoms with Gasteiger partial charge in [-0.05, 0) is 46.6 Å². The summed E-state index contributed by atoms with van der Waals surface area (Å²) in [4.78, 5) is 24.8. The second-order valence-electron chi connectivity index (χ2n) is 9.29. The maximum Gasteiger partial charge on any atom is 0.413 e. The third kappa shape index (κ3) is 4.81. The molecule has 0 fully saturated rings. The van der Waals surface area contributed by atoms with Gasteiger partial charge in [0.15, 0.2) is 0 Å². The van der Waals surface area contributed by atoms with Gasteiger partial charge in [-0.15, -0.1) is 0 Å². The fourth-order valence-electron chi connectivity index (χ4n) is 3.31. The molecule has 29 heavy (non-hydrogen) atoms. The summed E-state index contributed by atoms with van der Waals surface area (Å²) < 4.78 is 10.3. The van der Waals surface area contributed by atoms with Crippen LogP contribution in [-0.2, 0) is 25.1 Å². The van der Waals surface area contributed by atoms with E-state index in [1.54, 1.807) is 6.92 Å². The average Bonchev–Trinajstić information content (AvgIpc) is 2.57. The van der Waals surface area contributed by atoms with E-state index in [-0.39, 0.29) is 34.5 Å². The highest BCUT2D eigenvalue weighted by molar-refractivity contribution is 5.93. The zero-order valence-electron chi connectivity index (χ0n) is 18.3. The molecule has 0 saturated heterocycles. The first kappa shape index (κ1) is 22.5. The Morgan fingerprint density at radius 1 is 1.21 bits per heavy atom. The van der Waals surface area contributed by atoms with Gasteiger partial charge in [-0.3, -0.25) is 0 Å². The van der Waals surface area contributed by atoms with E-state index in [0.29, 0.717) is 5.56 Å². The molecule has 158 valence electrons. The van der Waals surface area contributed by atoms with Crippen molar-refractivity contribution in [1.29, 1.82) is 0 Å². The Morgan fingerprint density at radius 2 is 1.72 bits per heavy atom. The van der Waals surface area contributed by atoms with E-state index >= 15 is 0 Å². The summed E-state index contributed by atoms with van der Waals surface area (Å²) >= 11 is 0. The highest BCUT2D eigenvalue weighted by Gasteiger charge is 2.36. The number of allylic oxidation sites excluding steroid dienone is 1. The van der Waals surface area contributed by atoms with Crippen LogP contribution in [0.3, 0.4) is 0 Å². The number of hydrogen-bond donors (Lipinski definition) is 2. The zero-order valence-corrected chi connectivity index (χ0v) is 18.3. The van der Waals surface area contributed by atoms with E-state index < -0.39 is 18.1 Å². The van der Waals surface area contributed by atoms with Gasteiger partial charge in [-0.1, -0.05) is 54.2 Å². The molecule has 6 nitrogen and oxygen atoms in total. The van der Waals surface area contributed by atoms with Gasteiger partial charge >= 0.3 is 12.1 Å². The van der Waals surface area contributed by atoms with E-state index in [0.717, 1.165) is 11.1 Å². The molecule has 2 rings (SSSR count). The molecule has 1 unspecified atom stereocenters. The molecule has 1 atom stereocenters. The number of esters is 1. The fourth-order valence-corrected chi connectivity index (χ4v) is 3.31. The lowest BCUT2D eigenvalue weighted by Gasteiger charge is -2.32. The summed E-state index contributed by atoms with van der Waals surface area (Å²) in [6.07, 6.45) is 0.830. The molecule has 1 amide bonds. The fraction of sp³-hybridized carbons (Fsp3) is 0.478. The second kappa shape index (κ2) is 7.93. The molecule has 0 spiro atoms. The number of rotatable bonds is 4. The van der Waals surface area contributed by atoms with Crippen LogP contribution < -0.4 is 5.32 Å². The number of cyclic esters (lactones) is 1. The van der Waals surface area contributed by atoms with Crippen molar-refractivity contribution in [1.82, 2.24) is 5.32 Å². The van der Waals surface area contributed by atoms with Crippen LogP contribution in [0.15, 0.2) is 36.1 Å². The van der Waals surface area contributed by atoms with Crippen molar-refractivity contribution in [2.45, 2.75) is 65.3 Å². The van der Waals surface area contributed by atoms with Gasteiger partial charge in [-0.2, -0.15) is 0 Å². The highest BCUT2D eigenvalue weighted by Crippen LogP contribution is 2.42. The summed E-state index contributed by atoms with van der Waals surface area (Å²) in [6.45, 7) is 17.2. The highest BCUT2D eigenvalue weighted by atomic mass is 16.6. The average molecular weight is 402 g/mol. The van der Waals surface area contributed by atoms with E-state index in [2.05, 4.69) is 11.9 Å². The Hall–Kier alpha value is -2.76. The van der Waals surface area contributed by atoms with Gasteiger partial charge in [0, 0.05) is 0 Å². The Morgan fingerprint density at radius 3 is 2.17 bits per heavy atom. The molecule has 6 heteroatoms. The summed E-state index contributed by atoms with van der Waals surface area (Å²) in [5.41, 5.74) is 1.67. The van der Waals surface area contributed by atoms with Crippen molar-refractivity contribution in [2.75, 3.05) is 6.61 Å². The molecule has 0 aliphatic carbocycles. The minimum Gasteiger partial charge on any atom is -0.507 e. The standard InChI is InChI=1S/C23H31NO5/c1-9-10-28-20(26)17-13(2)29-21(27)24-18(17)14-11-15(22(3,4)5)19(25)16(12-14)23(6,7)8/h9,11-12,18,25H,1,10H2,2-8H3,(H,24,27). The van der Waals surface area contributed by atoms with Crippen molar-refractivity contribution in [3.8, 4) is 5.75 Å². The lowest BCUT2D eigenvalue weighted by molar-refractivity contribution is -0.138. The number of aromatic hydroxyl groups is 1. The molecule has 0 bridgehead atoms. The first-order valence-corrected chi connectivity index (χ1v) is 9.62. The Labute approximate surface area is 172 Å². The number of benzene rings is 1. The molecule has 0 saturated carbocycles. The van der Waals surface area contributed by atoms with Gasteiger partial charge in [0.05, 0.1) is 6.04 Å². The molecule has 1 aromatic carbocycles. The van der Waals surface area contributed by atoms with Crippen LogP contribution in [0, 0.1) is 0 Å². The quantitative estimate of drug-likeness (QED) is 0.561. The van der Waals surface area contributed by atoms with Crippen molar-refractivity contribution in [3.05, 3.63) is 52.8 Å². The number of ether oxygens (including phenoxy) is 2. The summed E-state index contributed by atoms with van der Waals surface area (Å²) in [5, 5.41) is 13.7. The van der Waals surface area contributed by atoms with Gasteiger partial charge in [0.2, 0.25) is 0 Å². The van der Waals surface area contributed by atoms with Crippen LogP contribution in [0.2, 0.25) is 0 Å². The van der Waals surface area contributed by atoms with Crippen LogP contribution in [0.25, 0.3) is 0 Å². The minimum atomic E-state index is -0.753. The number of carbonyl (C=O) groups is 2. The maximum absolute atomic E-state index is 12.7. The molecule has 1 heterocycles. The molecule has 1 aliphatic heterocycles. The van der Waals surface area contributed by atoms with Crippen molar-refractivity contribution < 1.29 is 24.2 Å². The molecule has 0 aromatic heterocycles. The number of alkyl carbamates (subject to hydrolysis) is 1. The first-order valence-electron chi connectivity index (χ1n) is 9.62. The monoisotopic (exact) mass is 401 g/mol. The van der Waals surface area contributed by atoms with Gasteiger partial charge in [0.1, 0.15) is 23.7 Å². The number of phenols is 1. The van der Waals surface area contributed by atoms with Crippen LogP contribution in [0.1, 0.15) is 71.2 Å². The van der Waals surface area contributed by atoms with Crippen LogP contribution in [-0.4, -0.2) is 23.8 Å². The normalized spacial score (nSPS) is 17.5. The van der Waals surface area contributed by atoms with Crippen LogP contribution >= 0.6 is 0 Å². The minimum absolute atomic E-state index is 0.0480. The number of hydrogen-bond acceptors (Lipinski definition) is 5. The Bertz CT molecular complexity index is 833. The predicted molar refractivity (Wildman–Crippen MR) is 112 cm³/mol. The largest absolute Gasteiger partial charge is 0.507 e. The Balaban J connectivity index is 2.72.